The molecule has 1 atom stereocenters. The van der Waals surface area contributed by atoms with Gasteiger partial charge in [-0.2, -0.15) is 0 Å². The third kappa shape index (κ3) is 4.18. The molecule has 0 amide bonds. The zero-order valence-electron chi connectivity index (χ0n) is 14.7. The van der Waals surface area contributed by atoms with Gasteiger partial charge in [0.25, 0.3) is 0 Å². The molecule has 136 valence electrons. The van der Waals surface area contributed by atoms with Crippen LogP contribution in [0.3, 0.4) is 0 Å². The van der Waals surface area contributed by atoms with Crippen LogP contribution in [-0.4, -0.2) is 40.0 Å². The van der Waals surface area contributed by atoms with Crippen molar-refractivity contribution in [2.45, 2.75) is 37.9 Å². The molecular weight excluding hydrogens is 334 g/mol. The molecule has 0 aliphatic heterocycles. The van der Waals surface area contributed by atoms with Crippen molar-refractivity contribution in [3.05, 3.63) is 23.8 Å². The number of rotatable bonds is 8. The highest BCUT2D eigenvalue weighted by molar-refractivity contribution is 7.90. The fourth-order valence-electron chi connectivity index (χ4n) is 2.50. The molecular formula is C16H25NO6S. The molecule has 0 fully saturated rings. The fraction of sp³-hybridized carbons (Fsp3) is 0.562. The van der Waals surface area contributed by atoms with Crippen molar-refractivity contribution >= 4 is 16.0 Å². The highest BCUT2D eigenvalue weighted by Gasteiger charge is 2.44. The van der Waals surface area contributed by atoms with Crippen LogP contribution in [0.4, 0.5) is 0 Å². The first kappa shape index (κ1) is 20.2. The van der Waals surface area contributed by atoms with E-state index >= 15 is 0 Å². The largest absolute Gasteiger partial charge is 0.496 e. The number of hydrogen-bond donors (Lipinski definition) is 1. The number of carbonyl (C=O) groups is 1. The summed E-state index contributed by atoms with van der Waals surface area (Å²) in [5.41, 5.74) is 0.467. The summed E-state index contributed by atoms with van der Waals surface area (Å²) in [4.78, 5) is 12.1. The van der Waals surface area contributed by atoms with Crippen LogP contribution < -0.4 is 14.6 Å². The number of benzene rings is 1. The van der Waals surface area contributed by atoms with E-state index in [-0.39, 0.29) is 13.0 Å². The lowest BCUT2D eigenvalue weighted by Gasteiger charge is -2.33. The van der Waals surface area contributed by atoms with Crippen molar-refractivity contribution < 1.29 is 27.4 Å². The SMILES string of the molecule is CCOC(=O)CC(c1c(OC)cccc1OC)C(C)(C)S(N)(=O)=O. The number of nitrogens with two attached hydrogens (primary N) is 1. The Morgan fingerprint density at radius 3 is 2.08 bits per heavy atom. The minimum Gasteiger partial charge on any atom is -0.496 e. The van der Waals surface area contributed by atoms with Crippen LogP contribution in [0.2, 0.25) is 0 Å². The number of ether oxygens (including phenoxy) is 3. The van der Waals surface area contributed by atoms with Gasteiger partial charge in [-0.1, -0.05) is 6.07 Å². The zero-order chi connectivity index (χ0) is 18.5. The Bertz CT molecular complexity index is 662. The number of sulfonamides is 1. The van der Waals surface area contributed by atoms with Crippen LogP contribution >= 0.6 is 0 Å². The summed E-state index contributed by atoms with van der Waals surface area (Å²) >= 11 is 0. The van der Waals surface area contributed by atoms with E-state index in [1.54, 1.807) is 25.1 Å². The van der Waals surface area contributed by atoms with Crippen LogP contribution in [0.25, 0.3) is 0 Å². The van der Waals surface area contributed by atoms with E-state index in [1.165, 1.54) is 28.1 Å². The van der Waals surface area contributed by atoms with Gasteiger partial charge in [0.2, 0.25) is 10.0 Å². The number of hydrogen-bond acceptors (Lipinski definition) is 6. The minimum absolute atomic E-state index is 0.173. The fourth-order valence-corrected chi connectivity index (χ4v) is 3.10. The molecule has 0 saturated carbocycles. The minimum atomic E-state index is -3.98. The van der Waals surface area contributed by atoms with Crippen LogP contribution in [0, 0.1) is 0 Å². The second-order valence-corrected chi connectivity index (χ2v) is 7.93. The molecule has 1 aromatic carbocycles. The zero-order valence-corrected chi connectivity index (χ0v) is 15.5. The van der Waals surface area contributed by atoms with Gasteiger partial charge in [-0.25, -0.2) is 13.6 Å². The van der Waals surface area contributed by atoms with Crippen LogP contribution in [0.1, 0.15) is 38.7 Å². The van der Waals surface area contributed by atoms with E-state index in [1.807, 2.05) is 0 Å². The predicted octanol–water partition coefficient (Wildman–Crippen LogP) is 1.81. The van der Waals surface area contributed by atoms with Gasteiger partial charge in [-0.05, 0) is 32.9 Å². The van der Waals surface area contributed by atoms with Crippen LogP contribution in [0.5, 0.6) is 11.5 Å². The topological polar surface area (TPSA) is 105 Å². The smallest absolute Gasteiger partial charge is 0.306 e. The molecule has 0 saturated heterocycles. The summed E-state index contributed by atoms with van der Waals surface area (Å²) < 4.78 is 38.6. The first-order valence-electron chi connectivity index (χ1n) is 7.49. The first-order chi connectivity index (χ1) is 11.1. The standard InChI is InChI=1S/C16H25NO6S/c1-6-23-14(18)10-11(16(2,3)24(17,19)20)15-12(21-4)8-7-9-13(15)22-5/h7-9,11H,6,10H2,1-5H3,(H2,17,19,20). The maximum atomic E-state index is 12.2. The Labute approximate surface area is 143 Å². The van der Waals surface area contributed by atoms with E-state index in [4.69, 9.17) is 19.3 Å². The molecule has 0 spiro atoms. The molecule has 1 unspecified atom stereocenters. The normalized spacial score (nSPS) is 13.2. The summed E-state index contributed by atoms with van der Waals surface area (Å²) in [5, 5.41) is 5.42. The highest BCUT2D eigenvalue weighted by atomic mass is 32.2. The van der Waals surface area contributed by atoms with Gasteiger partial charge in [0, 0.05) is 11.5 Å². The van der Waals surface area contributed by atoms with Gasteiger partial charge in [0.1, 0.15) is 11.5 Å². The average molecular weight is 359 g/mol. The summed E-state index contributed by atoms with van der Waals surface area (Å²) in [6.45, 7) is 4.82. The number of esters is 1. The Morgan fingerprint density at radius 2 is 1.71 bits per heavy atom. The second kappa shape index (κ2) is 7.85. The second-order valence-electron chi connectivity index (χ2n) is 5.79. The number of primary sulfonamides is 1. The van der Waals surface area contributed by atoms with Crippen LogP contribution in [-0.2, 0) is 19.6 Å². The molecule has 24 heavy (non-hydrogen) atoms. The third-order valence-electron chi connectivity index (χ3n) is 4.06. The summed E-state index contributed by atoms with van der Waals surface area (Å²) in [6, 6.07) is 5.07. The Kier molecular flexibility index (Phi) is 6.62. The van der Waals surface area contributed by atoms with Crippen molar-refractivity contribution in [2.75, 3.05) is 20.8 Å². The molecule has 0 aliphatic rings. The van der Waals surface area contributed by atoms with E-state index in [9.17, 15) is 13.2 Å². The first-order valence-corrected chi connectivity index (χ1v) is 9.03. The summed E-state index contributed by atoms with van der Waals surface area (Å²) in [5.74, 6) is -0.495. The Hall–Kier alpha value is -1.80. The Morgan fingerprint density at radius 1 is 1.21 bits per heavy atom. The lowest BCUT2D eigenvalue weighted by molar-refractivity contribution is -0.143. The molecule has 1 rings (SSSR count). The van der Waals surface area contributed by atoms with Crippen molar-refractivity contribution in [3.8, 4) is 11.5 Å². The third-order valence-corrected chi connectivity index (χ3v) is 5.81. The van der Waals surface area contributed by atoms with Gasteiger partial charge < -0.3 is 14.2 Å². The van der Waals surface area contributed by atoms with E-state index in [0.717, 1.165) is 0 Å². The predicted molar refractivity (Wildman–Crippen MR) is 90.7 cm³/mol. The van der Waals surface area contributed by atoms with Crippen molar-refractivity contribution in [1.29, 1.82) is 0 Å². The van der Waals surface area contributed by atoms with Gasteiger partial charge in [-0.15, -0.1) is 0 Å². The van der Waals surface area contributed by atoms with Crippen molar-refractivity contribution in [1.82, 2.24) is 0 Å². The molecule has 1 aromatic rings. The summed E-state index contributed by atoms with van der Waals surface area (Å²) in [6.07, 6.45) is -0.173. The molecule has 0 radical (unpaired) electrons. The molecule has 0 aromatic heterocycles. The van der Waals surface area contributed by atoms with E-state index in [2.05, 4.69) is 0 Å². The summed E-state index contributed by atoms with van der Waals surface area (Å²) in [7, 11) is -1.06. The lowest BCUT2D eigenvalue weighted by atomic mass is 9.83. The van der Waals surface area contributed by atoms with Crippen molar-refractivity contribution in [2.24, 2.45) is 5.14 Å². The maximum absolute atomic E-state index is 12.2. The van der Waals surface area contributed by atoms with Gasteiger partial charge in [-0.3, -0.25) is 4.79 Å². The number of methoxy groups -OCH3 is 2. The molecule has 0 aliphatic carbocycles. The lowest BCUT2D eigenvalue weighted by Crippen LogP contribution is -2.44. The monoisotopic (exact) mass is 359 g/mol. The average Bonchev–Trinajstić information content (AvgIpc) is 2.50. The van der Waals surface area contributed by atoms with Crippen molar-refractivity contribution in [3.63, 3.8) is 0 Å². The molecule has 7 nitrogen and oxygen atoms in total. The molecule has 0 heterocycles. The number of carbonyl (C=O) groups excluding carboxylic acids is 1. The Balaban J connectivity index is 3.58. The quantitative estimate of drug-likeness (QED) is 0.710. The molecule has 0 bridgehead atoms. The molecule has 2 N–H and O–H groups in total. The van der Waals surface area contributed by atoms with Gasteiger partial charge in [0.15, 0.2) is 0 Å². The van der Waals surface area contributed by atoms with E-state index < -0.39 is 26.7 Å². The van der Waals surface area contributed by atoms with Gasteiger partial charge >= 0.3 is 5.97 Å². The van der Waals surface area contributed by atoms with E-state index in [0.29, 0.717) is 17.1 Å². The molecule has 8 heteroatoms. The van der Waals surface area contributed by atoms with Crippen LogP contribution in [0.15, 0.2) is 18.2 Å². The van der Waals surface area contributed by atoms with Gasteiger partial charge in [0.05, 0.1) is 32.0 Å². The maximum Gasteiger partial charge on any atom is 0.306 e. The highest BCUT2D eigenvalue weighted by Crippen LogP contribution is 2.45.